The highest BCUT2D eigenvalue weighted by Gasteiger charge is 2.28. The Morgan fingerprint density at radius 2 is 1.81 bits per heavy atom. The van der Waals surface area contributed by atoms with Gasteiger partial charge in [-0.05, 0) is 50.6 Å². The predicted molar refractivity (Wildman–Crippen MR) is 111 cm³/mol. The molecule has 1 aliphatic rings. The minimum Gasteiger partial charge on any atom is -0.335 e. The Labute approximate surface area is 168 Å². The fraction of sp³-hybridized carbons (Fsp3) is 0.400. The molecule has 0 bridgehead atoms. The van der Waals surface area contributed by atoms with Crippen molar-refractivity contribution in [3.05, 3.63) is 50.7 Å². The first-order chi connectivity index (χ1) is 12.8. The van der Waals surface area contributed by atoms with Gasteiger partial charge in [0.15, 0.2) is 0 Å². The Morgan fingerprint density at radius 1 is 1.11 bits per heavy atom. The van der Waals surface area contributed by atoms with Gasteiger partial charge in [0.05, 0.1) is 10.9 Å². The van der Waals surface area contributed by atoms with Crippen molar-refractivity contribution in [2.24, 2.45) is 0 Å². The average Bonchev–Trinajstić information content (AvgIpc) is 3.10. The molecule has 2 aromatic rings. The molecule has 3 rings (SSSR count). The highest BCUT2D eigenvalue weighted by atomic mass is 35.5. The molecule has 1 aliphatic heterocycles. The Morgan fingerprint density at radius 3 is 2.44 bits per heavy atom. The molecule has 5 nitrogen and oxygen atoms in total. The van der Waals surface area contributed by atoms with Gasteiger partial charge in [0, 0.05) is 41.8 Å². The minimum absolute atomic E-state index is 0.0611. The van der Waals surface area contributed by atoms with Crippen molar-refractivity contribution in [1.82, 2.24) is 9.80 Å². The van der Waals surface area contributed by atoms with Gasteiger partial charge in [0.2, 0.25) is 5.91 Å². The number of nitrogens with zero attached hydrogens (tertiary/aromatic N) is 2. The van der Waals surface area contributed by atoms with Gasteiger partial charge in [-0.15, -0.1) is 11.3 Å². The first-order valence-electron chi connectivity index (χ1n) is 9.02. The Hall–Kier alpha value is -1.89. The van der Waals surface area contributed by atoms with Crippen molar-refractivity contribution in [3.63, 3.8) is 0 Å². The number of piperazine rings is 1. The fourth-order valence-corrected chi connectivity index (χ4v) is 4.16. The Kier molecular flexibility index (Phi) is 6.19. The molecule has 1 fully saturated rings. The van der Waals surface area contributed by atoms with Crippen LogP contribution in [0.1, 0.15) is 27.0 Å². The number of amides is 2. The summed E-state index contributed by atoms with van der Waals surface area (Å²) in [6, 6.07) is 9.04. The van der Waals surface area contributed by atoms with Gasteiger partial charge in [-0.3, -0.25) is 14.5 Å². The van der Waals surface area contributed by atoms with Crippen LogP contribution in [0.15, 0.2) is 30.3 Å². The van der Waals surface area contributed by atoms with Crippen LogP contribution in [-0.2, 0) is 4.79 Å². The van der Waals surface area contributed by atoms with Crippen LogP contribution in [0.2, 0.25) is 5.02 Å². The molecule has 1 unspecified atom stereocenters. The molecule has 7 heteroatoms. The van der Waals surface area contributed by atoms with E-state index in [1.807, 2.05) is 43.9 Å². The van der Waals surface area contributed by atoms with Crippen molar-refractivity contribution in [1.29, 1.82) is 0 Å². The number of hydrogen-bond acceptors (Lipinski definition) is 4. The lowest BCUT2D eigenvalue weighted by molar-refractivity contribution is -0.121. The monoisotopic (exact) mass is 405 g/mol. The number of thiophene rings is 1. The fourth-order valence-electron chi connectivity index (χ4n) is 3.15. The van der Waals surface area contributed by atoms with Crippen molar-refractivity contribution < 1.29 is 9.59 Å². The topological polar surface area (TPSA) is 52.7 Å². The minimum atomic E-state index is -0.274. The predicted octanol–water partition coefficient (Wildman–Crippen LogP) is 3.80. The molecule has 27 heavy (non-hydrogen) atoms. The zero-order valence-corrected chi connectivity index (χ0v) is 17.4. The largest absolute Gasteiger partial charge is 0.335 e. The summed E-state index contributed by atoms with van der Waals surface area (Å²) in [5, 5.41) is 3.56. The van der Waals surface area contributed by atoms with Gasteiger partial charge in [-0.1, -0.05) is 17.7 Å². The third-order valence-electron chi connectivity index (χ3n) is 4.94. The van der Waals surface area contributed by atoms with E-state index in [2.05, 4.69) is 10.2 Å². The van der Waals surface area contributed by atoms with Gasteiger partial charge in [-0.2, -0.15) is 0 Å². The summed E-state index contributed by atoms with van der Waals surface area (Å²) >= 11 is 7.55. The highest BCUT2D eigenvalue weighted by Crippen LogP contribution is 2.21. The molecule has 1 atom stereocenters. The number of carbonyl (C=O) groups excluding carboxylic acids is 2. The standard InChI is InChI=1S/C20H24ClN3O2S/c1-13-4-6-16(21)12-17(13)22-19(25)15(3)23-8-10-24(11-9-23)20(26)18-7-5-14(2)27-18/h4-7,12,15H,8-11H2,1-3H3,(H,22,25). The lowest BCUT2D eigenvalue weighted by atomic mass is 10.1. The molecule has 0 saturated carbocycles. The van der Waals surface area contributed by atoms with Crippen molar-refractivity contribution >= 4 is 40.4 Å². The SMILES string of the molecule is Cc1ccc(C(=O)N2CCN(C(C)C(=O)Nc3cc(Cl)ccc3C)CC2)s1. The van der Waals surface area contributed by atoms with E-state index < -0.39 is 0 Å². The summed E-state index contributed by atoms with van der Waals surface area (Å²) in [7, 11) is 0. The van der Waals surface area contributed by atoms with Crippen LogP contribution in [-0.4, -0.2) is 53.8 Å². The smallest absolute Gasteiger partial charge is 0.264 e. The number of carbonyl (C=O) groups is 2. The van der Waals surface area contributed by atoms with Gasteiger partial charge >= 0.3 is 0 Å². The maximum Gasteiger partial charge on any atom is 0.264 e. The van der Waals surface area contributed by atoms with Crippen molar-refractivity contribution in [3.8, 4) is 0 Å². The second-order valence-corrected chi connectivity index (χ2v) is 8.59. The van der Waals surface area contributed by atoms with Crippen molar-refractivity contribution in [2.75, 3.05) is 31.5 Å². The van der Waals surface area contributed by atoms with Crippen LogP contribution >= 0.6 is 22.9 Å². The van der Waals surface area contributed by atoms with E-state index >= 15 is 0 Å². The van der Waals surface area contributed by atoms with E-state index in [4.69, 9.17) is 11.6 Å². The van der Waals surface area contributed by atoms with E-state index in [1.54, 1.807) is 12.1 Å². The quantitative estimate of drug-likeness (QED) is 0.841. The number of halogens is 1. The number of anilines is 1. The number of benzene rings is 1. The third kappa shape index (κ3) is 4.69. The Balaban J connectivity index is 1.56. The first kappa shape index (κ1) is 19.9. The summed E-state index contributed by atoms with van der Waals surface area (Å²) in [5.74, 6) is 0.0217. The molecular formula is C20H24ClN3O2S. The molecule has 0 radical (unpaired) electrons. The van der Waals surface area contributed by atoms with Crippen molar-refractivity contribution in [2.45, 2.75) is 26.8 Å². The van der Waals surface area contributed by atoms with Gasteiger partial charge < -0.3 is 10.2 Å². The second-order valence-electron chi connectivity index (χ2n) is 6.86. The zero-order chi connectivity index (χ0) is 19.6. The zero-order valence-electron chi connectivity index (χ0n) is 15.8. The molecule has 0 aliphatic carbocycles. The van der Waals surface area contributed by atoms with Crippen LogP contribution in [0, 0.1) is 13.8 Å². The summed E-state index contributed by atoms with van der Waals surface area (Å²) in [6.07, 6.45) is 0. The molecule has 1 saturated heterocycles. The molecule has 1 N–H and O–H groups in total. The lowest BCUT2D eigenvalue weighted by Crippen LogP contribution is -2.54. The second kappa shape index (κ2) is 8.42. The molecule has 1 aromatic carbocycles. The number of hydrogen-bond donors (Lipinski definition) is 1. The molecule has 0 spiro atoms. The molecule has 2 amide bonds. The van der Waals surface area contributed by atoms with E-state index in [9.17, 15) is 9.59 Å². The Bertz CT molecular complexity index is 844. The summed E-state index contributed by atoms with van der Waals surface area (Å²) in [6.45, 7) is 8.45. The number of aryl methyl sites for hydroxylation is 2. The van der Waals surface area contributed by atoms with Crippen LogP contribution in [0.4, 0.5) is 5.69 Å². The van der Waals surface area contributed by atoms with Crippen LogP contribution in [0.3, 0.4) is 0 Å². The summed E-state index contributed by atoms with van der Waals surface area (Å²) in [4.78, 5) is 31.1. The van der Waals surface area contributed by atoms with E-state index in [1.165, 1.54) is 11.3 Å². The van der Waals surface area contributed by atoms with Crippen LogP contribution in [0.5, 0.6) is 0 Å². The number of nitrogens with one attached hydrogen (secondary N) is 1. The summed E-state index contributed by atoms with van der Waals surface area (Å²) in [5.41, 5.74) is 1.71. The lowest BCUT2D eigenvalue weighted by Gasteiger charge is -2.37. The average molecular weight is 406 g/mol. The van der Waals surface area contributed by atoms with E-state index in [0.29, 0.717) is 31.2 Å². The van der Waals surface area contributed by atoms with Crippen LogP contribution in [0.25, 0.3) is 0 Å². The maximum atomic E-state index is 12.6. The third-order valence-corrected chi connectivity index (χ3v) is 6.16. The van der Waals surface area contributed by atoms with Gasteiger partial charge in [0.25, 0.3) is 5.91 Å². The summed E-state index contributed by atoms with van der Waals surface area (Å²) < 4.78 is 0. The van der Waals surface area contributed by atoms with Gasteiger partial charge in [-0.25, -0.2) is 0 Å². The molecular weight excluding hydrogens is 382 g/mol. The van der Waals surface area contributed by atoms with Gasteiger partial charge in [0.1, 0.15) is 0 Å². The molecule has 1 aromatic heterocycles. The van der Waals surface area contributed by atoms with Crippen LogP contribution < -0.4 is 5.32 Å². The van der Waals surface area contributed by atoms with E-state index in [0.717, 1.165) is 21.0 Å². The van der Waals surface area contributed by atoms with E-state index in [-0.39, 0.29) is 17.9 Å². The maximum absolute atomic E-state index is 12.6. The molecule has 2 heterocycles. The normalized spacial score (nSPS) is 16.2. The highest BCUT2D eigenvalue weighted by molar-refractivity contribution is 7.13. The number of rotatable bonds is 4. The molecule has 144 valence electrons. The first-order valence-corrected chi connectivity index (χ1v) is 10.2.